The van der Waals surface area contributed by atoms with E-state index in [4.69, 9.17) is 23.4 Å². The van der Waals surface area contributed by atoms with Gasteiger partial charge in [0.2, 0.25) is 0 Å². The minimum Gasteiger partial charge on any atom is -0.433 e. The van der Waals surface area contributed by atoms with Gasteiger partial charge in [0, 0.05) is 17.1 Å². The van der Waals surface area contributed by atoms with Gasteiger partial charge in [-0.15, -0.1) is 0 Å². The molecule has 270 valence electrons. The second kappa shape index (κ2) is 14.5. The van der Waals surface area contributed by atoms with Crippen molar-refractivity contribution in [1.29, 1.82) is 0 Å². The number of amides is 2. The first kappa shape index (κ1) is 36.7. The van der Waals surface area contributed by atoms with Crippen molar-refractivity contribution < 1.29 is 42.9 Å². The maximum absolute atomic E-state index is 13.5. The number of nitrogens with zero attached hydrogens (tertiary/aromatic N) is 1. The fourth-order valence-electron chi connectivity index (χ4n) is 6.67. The Kier molecular flexibility index (Phi) is 10.4. The molecule has 10 nitrogen and oxygen atoms in total. The predicted octanol–water partition coefficient (Wildman–Crippen LogP) is 6.72. The third-order valence-electron chi connectivity index (χ3n) is 10.8. The summed E-state index contributed by atoms with van der Waals surface area (Å²) in [6.07, 6.45) is -6.24. The molecule has 3 aromatic rings. The van der Waals surface area contributed by atoms with Crippen molar-refractivity contribution in [1.82, 2.24) is 4.90 Å². The van der Waals surface area contributed by atoms with Crippen molar-refractivity contribution in [2.75, 3.05) is 13.2 Å². The summed E-state index contributed by atoms with van der Waals surface area (Å²) in [5.41, 5.74) is 5.68. The average molecular weight is 714 g/mol. The molecule has 0 bridgehead atoms. The zero-order valence-electron chi connectivity index (χ0n) is 30.3. The van der Waals surface area contributed by atoms with Crippen LogP contribution >= 0.6 is 0 Å². The van der Waals surface area contributed by atoms with Crippen LogP contribution in [0.2, 0.25) is 18.1 Å². The molecule has 2 amide bonds. The normalized spacial score (nSPS) is 23.8. The van der Waals surface area contributed by atoms with Gasteiger partial charge in [0.05, 0.1) is 13.2 Å². The predicted molar refractivity (Wildman–Crippen MR) is 193 cm³/mol. The van der Waals surface area contributed by atoms with Gasteiger partial charge in [-0.2, -0.15) is 0 Å². The Morgan fingerprint density at radius 2 is 1.39 bits per heavy atom. The number of rotatable bonds is 10. The first-order valence-corrected chi connectivity index (χ1v) is 20.3. The second-order valence-electron chi connectivity index (χ2n) is 15.0. The van der Waals surface area contributed by atoms with Gasteiger partial charge in [0.25, 0.3) is 11.8 Å². The number of benzene rings is 3. The van der Waals surface area contributed by atoms with Gasteiger partial charge in [0.15, 0.2) is 20.7 Å². The van der Waals surface area contributed by atoms with E-state index in [0.717, 1.165) is 32.7 Å². The highest BCUT2D eigenvalue weighted by molar-refractivity contribution is 6.74. The van der Waals surface area contributed by atoms with Crippen LogP contribution in [0, 0.1) is 0 Å². The number of hydrogen-bond donors (Lipinski definition) is 1. The molecule has 0 spiro atoms. The average Bonchev–Trinajstić information content (AvgIpc) is 3.51. The van der Waals surface area contributed by atoms with Crippen LogP contribution in [0.3, 0.4) is 0 Å². The quantitative estimate of drug-likeness (QED) is 0.139. The smallest absolute Gasteiger partial charge is 0.433 e. The minimum atomic E-state index is -2.62. The van der Waals surface area contributed by atoms with E-state index in [9.17, 15) is 19.5 Å². The minimum absolute atomic E-state index is 0.00233. The molecule has 5 atom stereocenters. The molecule has 0 saturated carbocycles. The molecule has 2 aliphatic heterocycles. The molecule has 6 rings (SSSR count). The number of ether oxygens (including phenoxy) is 4. The third kappa shape index (κ3) is 7.18. The number of carbonyl (C=O) groups is 3. The van der Waals surface area contributed by atoms with Crippen molar-refractivity contribution in [3.8, 4) is 11.1 Å². The van der Waals surface area contributed by atoms with Crippen molar-refractivity contribution in [3.63, 3.8) is 0 Å². The summed E-state index contributed by atoms with van der Waals surface area (Å²) in [5, 5.41) is 11.9. The molecular formula is C40H47NO9Si. The van der Waals surface area contributed by atoms with Gasteiger partial charge in [-0.25, -0.2) is 4.79 Å². The van der Waals surface area contributed by atoms with E-state index in [-0.39, 0.29) is 41.9 Å². The number of hydrogen-bond acceptors (Lipinski definition) is 9. The van der Waals surface area contributed by atoms with Crippen LogP contribution in [0.15, 0.2) is 90.0 Å². The number of fused-ring (bicyclic) bond motifs is 3. The number of carbonyl (C=O) groups excluding carboxylic acids is 3. The summed E-state index contributed by atoms with van der Waals surface area (Å²) in [6.45, 7) is 13.5. The molecule has 0 aromatic heterocycles. The lowest BCUT2D eigenvalue weighted by Gasteiger charge is -2.49. The summed E-state index contributed by atoms with van der Waals surface area (Å²) >= 11 is 0. The number of imide groups is 1. The van der Waals surface area contributed by atoms with Gasteiger partial charge in [-0.1, -0.05) is 99.6 Å². The maximum atomic E-state index is 13.5. The number of aliphatic hydroxyl groups is 1. The zero-order chi connectivity index (χ0) is 36.7. The van der Waals surface area contributed by atoms with E-state index < -0.39 is 56.9 Å². The molecule has 0 unspecified atom stereocenters. The molecular weight excluding hydrogens is 667 g/mol. The fourth-order valence-corrected chi connectivity index (χ4v) is 7.80. The van der Waals surface area contributed by atoms with E-state index in [1.54, 1.807) is 13.8 Å². The molecule has 1 aliphatic carbocycles. The van der Waals surface area contributed by atoms with Crippen LogP contribution in [0.25, 0.3) is 11.1 Å². The maximum Gasteiger partial charge on any atom is 0.508 e. The van der Waals surface area contributed by atoms with Gasteiger partial charge < -0.3 is 28.5 Å². The first-order valence-electron chi connectivity index (χ1n) is 17.4. The second-order valence-corrected chi connectivity index (χ2v) is 19.8. The van der Waals surface area contributed by atoms with E-state index >= 15 is 0 Å². The molecule has 3 aromatic carbocycles. The lowest BCUT2D eigenvalue weighted by molar-refractivity contribution is -0.266. The largest absolute Gasteiger partial charge is 0.508 e. The highest BCUT2D eigenvalue weighted by Gasteiger charge is 2.56. The van der Waals surface area contributed by atoms with Gasteiger partial charge >= 0.3 is 6.16 Å². The highest BCUT2D eigenvalue weighted by Crippen LogP contribution is 2.45. The van der Waals surface area contributed by atoms with Crippen molar-refractivity contribution in [2.24, 2.45) is 0 Å². The molecule has 11 heteroatoms. The van der Waals surface area contributed by atoms with Gasteiger partial charge in [-0.3, -0.25) is 14.5 Å². The molecule has 1 N–H and O–H groups in total. The fraction of sp³-hybridized carbons (Fsp3) is 0.425. The third-order valence-corrected chi connectivity index (χ3v) is 15.2. The molecule has 3 aliphatic rings. The van der Waals surface area contributed by atoms with E-state index in [1.807, 2.05) is 92.0 Å². The lowest BCUT2D eigenvalue weighted by Crippen LogP contribution is -2.68. The summed E-state index contributed by atoms with van der Waals surface area (Å²) in [7, 11) is -2.62. The van der Waals surface area contributed by atoms with Crippen LogP contribution < -0.4 is 0 Å². The molecule has 51 heavy (non-hydrogen) atoms. The van der Waals surface area contributed by atoms with Crippen LogP contribution in [-0.4, -0.2) is 80.2 Å². The summed E-state index contributed by atoms with van der Waals surface area (Å²) in [5.74, 6) is -1.34. The van der Waals surface area contributed by atoms with Crippen LogP contribution in [0.1, 0.15) is 57.2 Å². The highest BCUT2D eigenvalue weighted by atomic mass is 28.4. The SMILES string of the molecule is CC1=C(C)C(=O)N([C@H]2[C@H](O[Si](C)(C)C(C)(C)C)O[C@H](COCc3ccccc3)[C@@H](OC(=O)OCC3c4ccccc4-c4ccccc43)[C@@H]2O)C1=O. The summed E-state index contributed by atoms with van der Waals surface area (Å²) < 4.78 is 30.9. The standard InChI is InChI=1S/C40H47NO9Si/c1-24-25(2)37(44)41(36(24)43)33-34(42)35(49-39(45)47-22-31-29-19-13-11-17-27(29)28-18-12-14-20-30(28)31)32(23-46-21-26-15-9-8-10-16-26)48-38(33)50-51(6,7)40(3,4)5/h8-20,31-35,38,42H,21-23H2,1-7H3/t32-,33-,34-,35-,38+/m1/s1. The van der Waals surface area contributed by atoms with E-state index in [1.165, 1.54) is 0 Å². The van der Waals surface area contributed by atoms with Crippen molar-refractivity contribution in [3.05, 3.63) is 107 Å². The van der Waals surface area contributed by atoms with Crippen molar-refractivity contribution in [2.45, 2.75) is 95.9 Å². The van der Waals surface area contributed by atoms with Gasteiger partial charge in [-0.05, 0) is 59.8 Å². The van der Waals surface area contributed by atoms with E-state index in [2.05, 4.69) is 20.8 Å². The topological polar surface area (TPSA) is 121 Å². The number of aliphatic hydroxyl groups excluding tert-OH is 1. The molecule has 1 saturated heterocycles. The molecule has 1 fully saturated rings. The van der Waals surface area contributed by atoms with Crippen LogP contribution in [0.4, 0.5) is 4.79 Å². The Hall–Kier alpha value is -4.13. The monoisotopic (exact) mass is 713 g/mol. The Labute approximate surface area is 300 Å². The molecule has 2 heterocycles. The Balaban J connectivity index is 1.27. The first-order chi connectivity index (χ1) is 24.2. The van der Waals surface area contributed by atoms with Crippen LogP contribution in [0.5, 0.6) is 0 Å². The Morgan fingerprint density at radius 3 is 1.96 bits per heavy atom. The Morgan fingerprint density at radius 1 is 0.843 bits per heavy atom. The summed E-state index contributed by atoms with van der Waals surface area (Å²) in [4.78, 5) is 41.6. The van der Waals surface area contributed by atoms with Gasteiger partial charge in [0.1, 0.15) is 24.9 Å². The van der Waals surface area contributed by atoms with Crippen LogP contribution in [-0.2, 0) is 39.6 Å². The Bertz CT molecular complexity index is 1750. The molecule has 0 radical (unpaired) electrons. The van der Waals surface area contributed by atoms with Crippen molar-refractivity contribution >= 4 is 26.3 Å². The zero-order valence-corrected chi connectivity index (χ0v) is 31.3. The summed E-state index contributed by atoms with van der Waals surface area (Å²) in [6, 6.07) is 24.2. The lowest BCUT2D eigenvalue weighted by atomic mass is 9.95. The van der Waals surface area contributed by atoms with E-state index in [0.29, 0.717) is 0 Å².